The van der Waals surface area contributed by atoms with Gasteiger partial charge in [-0.1, -0.05) is 63.0 Å². The van der Waals surface area contributed by atoms with E-state index in [0.717, 1.165) is 38.0 Å². The quantitative estimate of drug-likeness (QED) is 0.589. The van der Waals surface area contributed by atoms with Crippen LogP contribution in [0.4, 0.5) is 10.5 Å². The van der Waals surface area contributed by atoms with E-state index >= 15 is 0 Å². The van der Waals surface area contributed by atoms with Crippen LogP contribution in [0.15, 0.2) is 30.4 Å². The number of aliphatic hydroxyl groups excluding tert-OH is 1. The topological polar surface area (TPSA) is 52.6 Å². The van der Waals surface area contributed by atoms with Crippen molar-refractivity contribution in [3.05, 3.63) is 41.5 Å². The minimum absolute atomic E-state index is 0.0423. The van der Waals surface area contributed by atoms with Gasteiger partial charge in [0.2, 0.25) is 0 Å². The van der Waals surface area contributed by atoms with Crippen molar-refractivity contribution in [2.45, 2.75) is 63.7 Å². The minimum Gasteiger partial charge on any atom is -0.392 e. The number of fused-ring (bicyclic) bond motifs is 2. The Balaban J connectivity index is 1.93. The summed E-state index contributed by atoms with van der Waals surface area (Å²) >= 11 is 0. The molecule has 1 aromatic rings. The smallest absolute Gasteiger partial charge is 0.321 e. The minimum atomic E-state index is 0.0423. The van der Waals surface area contributed by atoms with E-state index in [4.69, 9.17) is 5.11 Å². The molecule has 0 atom stereocenters. The zero-order chi connectivity index (χ0) is 18.4. The number of para-hydroxylation sites is 1. The molecule has 1 aliphatic heterocycles. The Hall–Kier alpha value is -1.81. The average molecular weight is 357 g/mol. The lowest BCUT2D eigenvalue weighted by atomic mass is 9.70. The third-order valence-corrected chi connectivity index (χ3v) is 5.89. The fraction of sp³-hybridized carbons (Fsp3) is 0.591. The Bertz CT molecular complexity index is 648. The second-order valence-electron chi connectivity index (χ2n) is 7.68. The summed E-state index contributed by atoms with van der Waals surface area (Å²) in [4.78, 5) is 14.9. The molecule has 1 spiro atoms. The molecule has 0 radical (unpaired) electrons. The van der Waals surface area contributed by atoms with E-state index in [9.17, 15) is 4.79 Å². The zero-order valence-corrected chi connectivity index (χ0v) is 16.0. The molecule has 0 aromatic heterocycles. The molecule has 1 heterocycles. The number of benzene rings is 1. The second-order valence-corrected chi connectivity index (χ2v) is 7.68. The Morgan fingerprint density at radius 3 is 2.81 bits per heavy atom. The Morgan fingerprint density at radius 2 is 2.08 bits per heavy atom. The maximum absolute atomic E-state index is 12.9. The van der Waals surface area contributed by atoms with Crippen molar-refractivity contribution in [2.24, 2.45) is 0 Å². The molecule has 4 nitrogen and oxygen atoms in total. The summed E-state index contributed by atoms with van der Waals surface area (Å²) in [5, 5.41) is 12.1. The van der Waals surface area contributed by atoms with Crippen LogP contribution >= 0.6 is 0 Å². The highest BCUT2D eigenvalue weighted by Gasteiger charge is 2.45. The monoisotopic (exact) mass is 356 g/mol. The number of nitrogens with one attached hydrogen (secondary N) is 1. The zero-order valence-electron chi connectivity index (χ0n) is 16.0. The first-order valence-corrected chi connectivity index (χ1v) is 10.2. The number of carbonyl (C=O) groups is 1. The summed E-state index contributed by atoms with van der Waals surface area (Å²) in [6, 6.07) is 6.53. The lowest BCUT2D eigenvalue weighted by Gasteiger charge is -2.34. The number of nitrogens with zero attached hydrogens (tertiary/aromatic N) is 1. The summed E-state index contributed by atoms with van der Waals surface area (Å²) in [6.45, 7) is 3.74. The van der Waals surface area contributed by atoms with Crippen molar-refractivity contribution in [3.8, 4) is 0 Å². The standard InChI is InChI=1S/C22H32N2O2/c1-2-3-15-23-21(26)24-17-22(13-6-4-7-14-22)19-12-9-11-18(20(19)24)10-5-8-16-25/h5,8-9,11-12,25H,2-4,6-7,10,13-17H2,1H3,(H,23,26)/b8-5-. The molecule has 2 amide bonds. The Kier molecular flexibility index (Phi) is 6.36. The molecule has 2 aliphatic rings. The largest absolute Gasteiger partial charge is 0.392 e. The number of carbonyl (C=O) groups excluding carboxylic acids is 1. The van der Waals surface area contributed by atoms with Gasteiger partial charge in [-0.15, -0.1) is 0 Å². The molecule has 1 aliphatic carbocycles. The van der Waals surface area contributed by atoms with E-state index in [1.807, 2.05) is 11.0 Å². The van der Waals surface area contributed by atoms with Crippen molar-refractivity contribution in [1.82, 2.24) is 5.32 Å². The van der Waals surface area contributed by atoms with Gasteiger partial charge in [0.15, 0.2) is 0 Å². The second kappa shape index (κ2) is 8.72. The van der Waals surface area contributed by atoms with E-state index in [-0.39, 0.29) is 18.1 Å². The number of urea groups is 1. The van der Waals surface area contributed by atoms with Crippen LogP contribution in [0.1, 0.15) is 63.0 Å². The third kappa shape index (κ3) is 3.80. The highest BCUT2D eigenvalue weighted by atomic mass is 16.2. The van der Waals surface area contributed by atoms with Gasteiger partial charge in [0, 0.05) is 18.5 Å². The summed E-state index contributed by atoms with van der Waals surface area (Å²) in [6.07, 6.45) is 12.8. The predicted octanol–water partition coefficient (Wildman–Crippen LogP) is 4.31. The maximum Gasteiger partial charge on any atom is 0.321 e. The normalized spacial score (nSPS) is 18.5. The number of rotatable bonds is 6. The van der Waals surface area contributed by atoms with Crippen LogP contribution in [0, 0.1) is 0 Å². The first kappa shape index (κ1) is 19.0. The lowest BCUT2D eigenvalue weighted by molar-refractivity contribution is 0.242. The summed E-state index contributed by atoms with van der Waals surface area (Å²) in [7, 11) is 0. The van der Waals surface area contributed by atoms with Crippen LogP contribution < -0.4 is 10.2 Å². The average Bonchev–Trinajstić information content (AvgIpc) is 2.98. The molecule has 3 rings (SSSR count). The molecule has 2 N–H and O–H groups in total. The molecule has 1 saturated carbocycles. The molecule has 0 bridgehead atoms. The van der Waals surface area contributed by atoms with Crippen LogP contribution in [0.5, 0.6) is 0 Å². The maximum atomic E-state index is 12.9. The van der Waals surface area contributed by atoms with Crippen LogP contribution in [0.25, 0.3) is 0 Å². The van der Waals surface area contributed by atoms with Crippen LogP contribution in [-0.2, 0) is 11.8 Å². The van der Waals surface area contributed by atoms with Gasteiger partial charge < -0.3 is 10.4 Å². The number of unbranched alkanes of at least 4 members (excludes halogenated alkanes) is 1. The highest BCUT2D eigenvalue weighted by Crippen LogP contribution is 2.50. The fourth-order valence-electron chi connectivity index (χ4n) is 4.55. The van der Waals surface area contributed by atoms with E-state index in [2.05, 4.69) is 30.4 Å². The number of allylic oxidation sites excluding steroid dienone is 1. The Morgan fingerprint density at radius 1 is 1.27 bits per heavy atom. The lowest BCUT2D eigenvalue weighted by Crippen LogP contribution is -2.43. The van der Waals surface area contributed by atoms with Gasteiger partial charge >= 0.3 is 6.03 Å². The van der Waals surface area contributed by atoms with E-state index in [0.29, 0.717) is 0 Å². The SMILES string of the molecule is CCCCNC(=O)N1CC2(CCCCC2)c2cccc(C/C=C\CO)c21. The molecular formula is C22H32N2O2. The Labute approximate surface area is 157 Å². The van der Waals surface area contributed by atoms with Gasteiger partial charge in [-0.25, -0.2) is 4.79 Å². The van der Waals surface area contributed by atoms with E-state index in [1.54, 1.807) is 6.08 Å². The van der Waals surface area contributed by atoms with E-state index in [1.165, 1.54) is 43.2 Å². The molecule has 26 heavy (non-hydrogen) atoms. The number of anilines is 1. The molecule has 0 saturated heterocycles. The molecular weight excluding hydrogens is 324 g/mol. The van der Waals surface area contributed by atoms with Crippen LogP contribution in [-0.4, -0.2) is 30.8 Å². The first-order chi connectivity index (χ1) is 12.7. The molecule has 4 heteroatoms. The highest BCUT2D eigenvalue weighted by molar-refractivity contribution is 5.96. The van der Waals surface area contributed by atoms with Gasteiger partial charge in [0.25, 0.3) is 0 Å². The van der Waals surface area contributed by atoms with Gasteiger partial charge in [-0.3, -0.25) is 4.90 Å². The van der Waals surface area contributed by atoms with Crippen LogP contribution in [0.3, 0.4) is 0 Å². The third-order valence-electron chi connectivity index (χ3n) is 5.89. The van der Waals surface area contributed by atoms with Gasteiger partial charge in [0.05, 0.1) is 12.3 Å². The van der Waals surface area contributed by atoms with Crippen molar-refractivity contribution in [2.75, 3.05) is 24.6 Å². The summed E-state index contributed by atoms with van der Waals surface area (Å²) < 4.78 is 0. The number of hydrogen-bond acceptors (Lipinski definition) is 2. The molecule has 0 unspecified atom stereocenters. The van der Waals surface area contributed by atoms with Crippen molar-refractivity contribution >= 4 is 11.7 Å². The van der Waals surface area contributed by atoms with Crippen molar-refractivity contribution < 1.29 is 9.90 Å². The molecule has 1 aromatic carbocycles. The number of aliphatic hydroxyl groups is 1. The summed E-state index contributed by atoms with van der Waals surface area (Å²) in [5.74, 6) is 0. The number of amides is 2. The predicted molar refractivity (Wildman–Crippen MR) is 107 cm³/mol. The molecule has 142 valence electrons. The van der Waals surface area contributed by atoms with E-state index < -0.39 is 0 Å². The first-order valence-electron chi connectivity index (χ1n) is 10.2. The fourth-order valence-corrected chi connectivity index (χ4v) is 4.55. The van der Waals surface area contributed by atoms with Gasteiger partial charge in [-0.2, -0.15) is 0 Å². The molecule has 1 fully saturated rings. The summed E-state index contributed by atoms with van der Waals surface area (Å²) in [5.41, 5.74) is 3.79. The van der Waals surface area contributed by atoms with Gasteiger partial charge in [-0.05, 0) is 36.8 Å². The van der Waals surface area contributed by atoms with Gasteiger partial charge in [0.1, 0.15) is 0 Å². The van der Waals surface area contributed by atoms with Crippen molar-refractivity contribution in [1.29, 1.82) is 0 Å². The van der Waals surface area contributed by atoms with Crippen molar-refractivity contribution in [3.63, 3.8) is 0 Å². The number of hydrogen-bond donors (Lipinski definition) is 2. The van der Waals surface area contributed by atoms with Crippen LogP contribution in [0.2, 0.25) is 0 Å².